The molecule has 0 aliphatic heterocycles. The zero-order valence-corrected chi connectivity index (χ0v) is 16.9. The van der Waals surface area contributed by atoms with Gasteiger partial charge in [-0.25, -0.2) is 0 Å². The van der Waals surface area contributed by atoms with E-state index in [1.165, 1.54) is 36.0 Å². The van der Waals surface area contributed by atoms with E-state index in [9.17, 15) is 4.79 Å². The minimum absolute atomic E-state index is 0.00617. The van der Waals surface area contributed by atoms with Gasteiger partial charge in [0.15, 0.2) is 0 Å². The highest BCUT2D eigenvalue weighted by atomic mass is 16.3. The van der Waals surface area contributed by atoms with Gasteiger partial charge in [-0.2, -0.15) is 0 Å². The quantitative estimate of drug-likeness (QED) is 0.607. The first kappa shape index (κ1) is 19.5. The van der Waals surface area contributed by atoms with Gasteiger partial charge < -0.3 is 14.2 Å². The predicted molar refractivity (Wildman–Crippen MR) is 111 cm³/mol. The second-order valence-electron chi connectivity index (χ2n) is 7.83. The zero-order valence-electron chi connectivity index (χ0n) is 16.9. The number of rotatable bonds is 8. The summed E-state index contributed by atoms with van der Waals surface area (Å²) < 4.78 is 10.9. The van der Waals surface area contributed by atoms with Gasteiger partial charge in [0.05, 0.1) is 38.2 Å². The Labute approximate surface area is 171 Å². The molecule has 0 fully saturated rings. The first-order valence-corrected chi connectivity index (χ1v) is 10.4. The summed E-state index contributed by atoms with van der Waals surface area (Å²) in [5.41, 5.74) is 4.07. The summed E-state index contributed by atoms with van der Waals surface area (Å²) >= 11 is 0. The summed E-state index contributed by atoms with van der Waals surface area (Å²) in [4.78, 5) is 14.8. The van der Waals surface area contributed by atoms with Crippen molar-refractivity contribution in [2.75, 3.05) is 6.54 Å². The van der Waals surface area contributed by atoms with E-state index in [1.807, 2.05) is 36.1 Å². The number of furan rings is 2. The molecule has 1 aliphatic rings. The Kier molecular flexibility index (Phi) is 6.15. The summed E-state index contributed by atoms with van der Waals surface area (Å²) in [7, 11) is 0. The highest BCUT2D eigenvalue weighted by Crippen LogP contribution is 2.24. The maximum Gasteiger partial charge on any atom is 0.234 e. The molecule has 0 saturated heterocycles. The number of nitrogens with one attached hydrogen (secondary N) is 1. The third-order valence-electron chi connectivity index (χ3n) is 5.54. The van der Waals surface area contributed by atoms with Crippen LogP contribution in [0.2, 0.25) is 0 Å². The van der Waals surface area contributed by atoms with Crippen LogP contribution in [0.15, 0.2) is 63.8 Å². The van der Waals surface area contributed by atoms with E-state index in [1.54, 1.807) is 12.5 Å². The number of fused-ring (bicyclic) bond motifs is 1. The van der Waals surface area contributed by atoms with Crippen LogP contribution in [-0.2, 0) is 30.7 Å². The first-order valence-electron chi connectivity index (χ1n) is 10.4. The van der Waals surface area contributed by atoms with Crippen molar-refractivity contribution in [1.29, 1.82) is 0 Å². The van der Waals surface area contributed by atoms with Gasteiger partial charge in [0.2, 0.25) is 5.91 Å². The number of hydrogen-bond donors (Lipinski definition) is 1. The topological polar surface area (TPSA) is 58.6 Å². The van der Waals surface area contributed by atoms with Crippen LogP contribution in [0, 0.1) is 0 Å². The first-order chi connectivity index (χ1) is 14.2. The van der Waals surface area contributed by atoms with E-state index >= 15 is 0 Å². The molecule has 1 aromatic carbocycles. The number of benzene rings is 1. The van der Waals surface area contributed by atoms with E-state index in [4.69, 9.17) is 8.83 Å². The molecule has 2 aromatic heterocycles. The van der Waals surface area contributed by atoms with Crippen molar-refractivity contribution in [2.45, 2.75) is 51.7 Å². The maximum atomic E-state index is 12.8. The van der Waals surface area contributed by atoms with Crippen LogP contribution in [0.25, 0.3) is 0 Å². The average molecular weight is 392 g/mol. The molecule has 1 aliphatic carbocycles. The van der Waals surface area contributed by atoms with Crippen LogP contribution in [0.5, 0.6) is 0 Å². The van der Waals surface area contributed by atoms with Crippen molar-refractivity contribution in [3.8, 4) is 0 Å². The highest BCUT2D eigenvalue weighted by molar-refractivity contribution is 5.78. The molecule has 0 saturated carbocycles. The molecule has 1 atom stereocenters. The number of carbonyl (C=O) groups is 1. The van der Waals surface area contributed by atoms with Crippen molar-refractivity contribution in [3.05, 3.63) is 83.2 Å². The molecule has 0 radical (unpaired) electrons. The van der Waals surface area contributed by atoms with E-state index in [0.717, 1.165) is 17.9 Å². The molecule has 0 unspecified atom stereocenters. The largest absolute Gasteiger partial charge is 0.468 e. The van der Waals surface area contributed by atoms with Crippen LogP contribution in [-0.4, -0.2) is 17.4 Å². The molecule has 1 amide bonds. The van der Waals surface area contributed by atoms with Crippen molar-refractivity contribution in [3.63, 3.8) is 0 Å². The minimum Gasteiger partial charge on any atom is -0.468 e. The number of aryl methyl sites for hydroxylation is 2. The van der Waals surface area contributed by atoms with Gasteiger partial charge in [0.25, 0.3) is 0 Å². The lowest BCUT2D eigenvalue weighted by atomic mass is 9.89. The summed E-state index contributed by atoms with van der Waals surface area (Å²) in [6, 6.07) is 14.2. The van der Waals surface area contributed by atoms with E-state index in [-0.39, 0.29) is 18.5 Å². The summed E-state index contributed by atoms with van der Waals surface area (Å²) in [6.07, 6.45) is 8.15. The second kappa shape index (κ2) is 9.14. The fourth-order valence-electron chi connectivity index (χ4n) is 4.01. The van der Waals surface area contributed by atoms with E-state index in [2.05, 4.69) is 23.5 Å². The van der Waals surface area contributed by atoms with Gasteiger partial charge in [-0.1, -0.05) is 18.2 Å². The van der Waals surface area contributed by atoms with Crippen molar-refractivity contribution >= 4 is 5.91 Å². The van der Waals surface area contributed by atoms with E-state index < -0.39 is 0 Å². The molecular formula is C24H28N2O3. The van der Waals surface area contributed by atoms with Crippen LogP contribution in [0.1, 0.15) is 54.0 Å². The van der Waals surface area contributed by atoms with Gasteiger partial charge in [-0.05, 0) is 73.6 Å². The molecule has 152 valence electrons. The summed E-state index contributed by atoms with van der Waals surface area (Å²) in [5.74, 6) is 1.65. The average Bonchev–Trinajstić information content (AvgIpc) is 3.41. The lowest BCUT2D eigenvalue weighted by molar-refractivity contribution is -0.123. The standard InChI is InChI=1S/C24H28N2O3/c1-18(20-11-10-19-6-2-3-7-21(19)14-20)25-24(27)17-26(15-22-8-4-12-28-22)16-23-9-5-13-29-23/h4-5,8-14,18H,2-3,6-7,15-17H2,1H3,(H,25,27)/t18-/m0/s1. The fraction of sp³-hybridized carbons (Fsp3) is 0.375. The molecular weight excluding hydrogens is 364 g/mol. The molecule has 2 heterocycles. The second-order valence-corrected chi connectivity index (χ2v) is 7.83. The predicted octanol–water partition coefficient (Wildman–Crippen LogP) is 4.63. The zero-order chi connectivity index (χ0) is 20.1. The van der Waals surface area contributed by atoms with Gasteiger partial charge >= 0.3 is 0 Å². The van der Waals surface area contributed by atoms with Gasteiger partial charge in [0, 0.05) is 0 Å². The Bertz CT molecular complexity index is 880. The molecule has 5 heteroatoms. The normalized spacial score (nSPS) is 14.6. The van der Waals surface area contributed by atoms with Crippen LogP contribution in [0.3, 0.4) is 0 Å². The highest BCUT2D eigenvalue weighted by Gasteiger charge is 2.18. The summed E-state index contributed by atoms with van der Waals surface area (Å²) in [6.45, 7) is 3.42. The molecule has 0 spiro atoms. The Hall–Kier alpha value is -2.79. The van der Waals surface area contributed by atoms with Crippen LogP contribution < -0.4 is 5.32 Å². The van der Waals surface area contributed by atoms with Crippen molar-refractivity contribution in [2.24, 2.45) is 0 Å². The molecule has 0 bridgehead atoms. The maximum absolute atomic E-state index is 12.8. The molecule has 5 nitrogen and oxygen atoms in total. The summed E-state index contributed by atoms with van der Waals surface area (Å²) in [5, 5.41) is 3.15. The van der Waals surface area contributed by atoms with Gasteiger partial charge in [0.1, 0.15) is 11.5 Å². The lowest BCUT2D eigenvalue weighted by Gasteiger charge is -2.23. The smallest absolute Gasteiger partial charge is 0.234 e. The molecule has 3 aromatic rings. The van der Waals surface area contributed by atoms with Crippen molar-refractivity contribution < 1.29 is 13.6 Å². The minimum atomic E-state index is -0.0243. The van der Waals surface area contributed by atoms with Crippen molar-refractivity contribution in [1.82, 2.24) is 10.2 Å². The Balaban J connectivity index is 1.39. The molecule has 29 heavy (non-hydrogen) atoms. The third kappa shape index (κ3) is 5.18. The van der Waals surface area contributed by atoms with Crippen LogP contribution in [0.4, 0.5) is 0 Å². The number of hydrogen-bond acceptors (Lipinski definition) is 4. The Morgan fingerprint density at radius 2 is 1.66 bits per heavy atom. The van der Waals surface area contributed by atoms with E-state index in [0.29, 0.717) is 13.1 Å². The van der Waals surface area contributed by atoms with Crippen LogP contribution >= 0.6 is 0 Å². The number of nitrogens with zero attached hydrogens (tertiary/aromatic N) is 1. The SMILES string of the molecule is C[C@H](NC(=O)CN(Cc1ccco1)Cc1ccco1)c1ccc2c(c1)CCCC2. The molecule has 1 N–H and O–H groups in total. The fourth-order valence-corrected chi connectivity index (χ4v) is 4.01. The Morgan fingerprint density at radius 1 is 1.00 bits per heavy atom. The molecule has 4 rings (SSSR count). The Morgan fingerprint density at radius 3 is 2.28 bits per heavy atom. The van der Waals surface area contributed by atoms with Gasteiger partial charge in [-0.15, -0.1) is 0 Å². The monoisotopic (exact) mass is 392 g/mol. The number of amides is 1. The van der Waals surface area contributed by atoms with Gasteiger partial charge in [-0.3, -0.25) is 9.69 Å². The lowest BCUT2D eigenvalue weighted by Crippen LogP contribution is -2.37. The number of carbonyl (C=O) groups excluding carboxylic acids is 1. The third-order valence-corrected chi connectivity index (χ3v) is 5.54.